The zero-order chi connectivity index (χ0) is 15.8. The second-order valence-electron chi connectivity index (χ2n) is 7.36. The van der Waals surface area contributed by atoms with Crippen LogP contribution in [-0.4, -0.2) is 46.3 Å². The lowest BCUT2D eigenvalue weighted by Crippen LogP contribution is -2.69. The number of rotatable bonds is 2. The molecule has 1 saturated carbocycles. The summed E-state index contributed by atoms with van der Waals surface area (Å²) in [5, 5.41) is 3.38. The van der Waals surface area contributed by atoms with Crippen molar-refractivity contribution < 1.29 is 9.59 Å². The Morgan fingerprint density at radius 1 is 1.19 bits per heavy atom. The molecule has 0 radical (unpaired) electrons. The van der Waals surface area contributed by atoms with Crippen molar-refractivity contribution >= 4 is 23.6 Å². The maximum absolute atomic E-state index is 13.0. The molecule has 4 nitrogen and oxygen atoms in total. The third kappa shape index (κ3) is 3.22. The fourth-order valence-electron chi connectivity index (χ4n) is 3.50. The van der Waals surface area contributed by atoms with Crippen molar-refractivity contribution in [2.45, 2.75) is 76.8 Å². The molecule has 0 aromatic carbocycles. The number of nitrogens with one attached hydrogen (secondary N) is 1. The van der Waals surface area contributed by atoms with Crippen LogP contribution in [0.3, 0.4) is 0 Å². The Balaban J connectivity index is 2.30. The highest BCUT2D eigenvalue weighted by Gasteiger charge is 2.47. The van der Waals surface area contributed by atoms with Gasteiger partial charge < -0.3 is 10.2 Å². The third-order valence-electron chi connectivity index (χ3n) is 4.78. The molecule has 0 aromatic heterocycles. The first-order chi connectivity index (χ1) is 9.77. The van der Waals surface area contributed by atoms with E-state index in [0.29, 0.717) is 5.25 Å². The van der Waals surface area contributed by atoms with Crippen molar-refractivity contribution in [3.63, 3.8) is 0 Å². The zero-order valence-electron chi connectivity index (χ0n) is 13.8. The second kappa shape index (κ2) is 6.19. The van der Waals surface area contributed by atoms with Gasteiger partial charge in [-0.3, -0.25) is 9.59 Å². The van der Waals surface area contributed by atoms with Gasteiger partial charge in [0.05, 0.1) is 0 Å². The molecule has 2 amide bonds. The van der Waals surface area contributed by atoms with Crippen LogP contribution in [0.1, 0.15) is 53.4 Å². The van der Waals surface area contributed by atoms with E-state index in [0.717, 1.165) is 19.3 Å². The molecule has 5 heteroatoms. The van der Waals surface area contributed by atoms with Gasteiger partial charge in [-0.15, -0.1) is 0 Å². The number of carbonyl (C=O) groups is 2. The van der Waals surface area contributed by atoms with Crippen molar-refractivity contribution in [3.05, 3.63) is 0 Å². The normalized spacial score (nSPS) is 34.8. The number of piperazine rings is 1. The zero-order valence-corrected chi connectivity index (χ0v) is 14.6. The average molecular weight is 312 g/mol. The minimum atomic E-state index is -0.411. The van der Waals surface area contributed by atoms with E-state index in [4.69, 9.17) is 0 Å². The first kappa shape index (κ1) is 16.7. The van der Waals surface area contributed by atoms with Gasteiger partial charge in [0, 0.05) is 11.3 Å². The molecule has 120 valence electrons. The van der Waals surface area contributed by atoms with Crippen LogP contribution >= 0.6 is 11.8 Å². The summed E-state index contributed by atoms with van der Waals surface area (Å²) in [6.07, 6.45) is 6.66. The van der Waals surface area contributed by atoms with Gasteiger partial charge in [-0.05, 0) is 31.4 Å². The van der Waals surface area contributed by atoms with Crippen LogP contribution in [0, 0.1) is 5.41 Å². The lowest BCUT2D eigenvalue weighted by molar-refractivity contribution is -0.155. The molecule has 21 heavy (non-hydrogen) atoms. The summed E-state index contributed by atoms with van der Waals surface area (Å²) in [5.41, 5.74) is -0.255. The number of carbonyl (C=O) groups excluding carboxylic acids is 2. The summed E-state index contributed by atoms with van der Waals surface area (Å²) < 4.78 is 0. The number of hydrogen-bond acceptors (Lipinski definition) is 3. The highest BCUT2D eigenvalue weighted by Crippen LogP contribution is 2.35. The van der Waals surface area contributed by atoms with Crippen LogP contribution in [-0.2, 0) is 9.59 Å². The van der Waals surface area contributed by atoms with Crippen LogP contribution in [0.15, 0.2) is 0 Å². The Bertz CT molecular complexity index is 419. The van der Waals surface area contributed by atoms with Gasteiger partial charge in [0.1, 0.15) is 12.1 Å². The molecule has 4 unspecified atom stereocenters. The topological polar surface area (TPSA) is 49.4 Å². The molecule has 2 rings (SSSR count). The van der Waals surface area contributed by atoms with Crippen molar-refractivity contribution in [2.75, 3.05) is 6.26 Å². The van der Waals surface area contributed by atoms with Gasteiger partial charge in [-0.1, -0.05) is 33.6 Å². The smallest absolute Gasteiger partial charge is 0.246 e. The first-order valence-corrected chi connectivity index (χ1v) is 9.21. The van der Waals surface area contributed by atoms with E-state index in [1.54, 1.807) is 0 Å². The minimum absolute atomic E-state index is 0.0139. The first-order valence-electron chi connectivity index (χ1n) is 7.92. The molecule has 1 heterocycles. The largest absolute Gasteiger partial charge is 0.342 e. The standard InChI is InChI=1S/C16H28N2O2S/c1-10-14(19)17-13(16(2,3)4)15(20)18(10)11-8-6-7-9-12(11)21-5/h10-13H,6-9H2,1-5H3,(H,17,19). The molecule has 1 N–H and O–H groups in total. The summed E-state index contributed by atoms with van der Waals surface area (Å²) in [6, 6.07) is -0.563. The molecular formula is C16H28N2O2S. The molecule has 0 bridgehead atoms. The van der Waals surface area contributed by atoms with Crippen molar-refractivity contribution in [1.82, 2.24) is 10.2 Å². The Morgan fingerprint density at radius 2 is 1.81 bits per heavy atom. The average Bonchev–Trinajstić information content (AvgIpc) is 2.42. The van der Waals surface area contributed by atoms with Gasteiger partial charge in [-0.25, -0.2) is 0 Å². The van der Waals surface area contributed by atoms with Crippen LogP contribution in [0.4, 0.5) is 0 Å². The predicted molar refractivity (Wildman–Crippen MR) is 87.3 cm³/mol. The van der Waals surface area contributed by atoms with E-state index < -0.39 is 6.04 Å². The van der Waals surface area contributed by atoms with E-state index in [1.807, 2.05) is 44.4 Å². The van der Waals surface area contributed by atoms with Gasteiger partial charge in [-0.2, -0.15) is 11.8 Å². The lowest BCUT2D eigenvalue weighted by atomic mass is 9.82. The molecule has 0 spiro atoms. The van der Waals surface area contributed by atoms with E-state index in [-0.39, 0.29) is 29.3 Å². The fourth-order valence-corrected chi connectivity index (χ4v) is 4.48. The Morgan fingerprint density at radius 3 is 2.38 bits per heavy atom. The summed E-state index contributed by atoms with van der Waals surface area (Å²) >= 11 is 1.84. The minimum Gasteiger partial charge on any atom is -0.342 e. The summed E-state index contributed by atoms with van der Waals surface area (Å²) in [7, 11) is 0. The SMILES string of the molecule is CSC1CCCCC1N1C(=O)C(C(C)(C)C)NC(=O)C1C. The highest BCUT2D eigenvalue weighted by atomic mass is 32.2. The molecule has 2 aliphatic rings. The molecule has 1 saturated heterocycles. The van der Waals surface area contributed by atoms with Gasteiger partial charge >= 0.3 is 0 Å². The number of nitrogens with zero attached hydrogens (tertiary/aromatic N) is 1. The fraction of sp³-hybridized carbons (Fsp3) is 0.875. The third-order valence-corrected chi connectivity index (χ3v) is 5.93. The number of thioether (sulfide) groups is 1. The van der Waals surface area contributed by atoms with Crippen LogP contribution in [0.5, 0.6) is 0 Å². The molecule has 1 aliphatic heterocycles. The van der Waals surface area contributed by atoms with Crippen LogP contribution < -0.4 is 5.32 Å². The molecule has 4 atom stereocenters. The lowest BCUT2D eigenvalue weighted by Gasteiger charge is -2.48. The van der Waals surface area contributed by atoms with Gasteiger partial charge in [0.25, 0.3) is 0 Å². The molecule has 0 aromatic rings. The van der Waals surface area contributed by atoms with Crippen LogP contribution in [0.2, 0.25) is 0 Å². The Hall–Kier alpha value is -0.710. The highest BCUT2D eigenvalue weighted by molar-refractivity contribution is 7.99. The quantitative estimate of drug-likeness (QED) is 0.852. The van der Waals surface area contributed by atoms with E-state index in [1.165, 1.54) is 6.42 Å². The Labute approximate surface area is 132 Å². The van der Waals surface area contributed by atoms with Gasteiger partial charge in [0.2, 0.25) is 11.8 Å². The van der Waals surface area contributed by atoms with Crippen molar-refractivity contribution in [2.24, 2.45) is 5.41 Å². The number of amides is 2. The molecule has 1 aliphatic carbocycles. The van der Waals surface area contributed by atoms with Crippen molar-refractivity contribution in [1.29, 1.82) is 0 Å². The van der Waals surface area contributed by atoms with Crippen molar-refractivity contribution in [3.8, 4) is 0 Å². The summed E-state index contributed by atoms with van der Waals surface area (Å²) in [6.45, 7) is 7.89. The maximum Gasteiger partial charge on any atom is 0.246 e. The Kier molecular flexibility index (Phi) is 4.91. The van der Waals surface area contributed by atoms with Gasteiger partial charge in [0.15, 0.2) is 0 Å². The molecule has 2 fully saturated rings. The van der Waals surface area contributed by atoms with E-state index >= 15 is 0 Å². The van der Waals surface area contributed by atoms with Crippen LogP contribution in [0.25, 0.3) is 0 Å². The van der Waals surface area contributed by atoms with E-state index in [2.05, 4.69) is 11.6 Å². The maximum atomic E-state index is 13.0. The second-order valence-corrected chi connectivity index (χ2v) is 8.43. The summed E-state index contributed by atoms with van der Waals surface area (Å²) in [4.78, 5) is 27.2. The molecular weight excluding hydrogens is 284 g/mol. The predicted octanol–water partition coefficient (Wildman–Crippen LogP) is 2.42. The number of hydrogen-bond donors (Lipinski definition) is 1. The van der Waals surface area contributed by atoms with E-state index in [9.17, 15) is 9.59 Å². The monoisotopic (exact) mass is 312 g/mol. The summed E-state index contributed by atoms with van der Waals surface area (Å²) in [5.74, 6) is 0.0838.